The van der Waals surface area contributed by atoms with Crippen molar-refractivity contribution in [3.63, 3.8) is 0 Å². The second-order valence-electron chi connectivity index (χ2n) is 5.97. The van der Waals surface area contributed by atoms with E-state index < -0.39 is 0 Å². The van der Waals surface area contributed by atoms with Gasteiger partial charge in [-0.15, -0.1) is 0 Å². The van der Waals surface area contributed by atoms with Crippen LogP contribution in [0.3, 0.4) is 0 Å². The van der Waals surface area contributed by atoms with E-state index in [0.717, 1.165) is 0 Å². The number of ether oxygens (including phenoxy) is 1. The van der Waals surface area contributed by atoms with E-state index in [4.69, 9.17) is 4.74 Å². The zero-order chi connectivity index (χ0) is 13.8. The number of hydrogen-bond acceptors (Lipinski definition) is 1. The molecule has 1 atom stereocenters. The third-order valence-electron chi connectivity index (χ3n) is 4.29. The van der Waals surface area contributed by atoms with Crippen LogP contribution < -0.4 is 0 Å². The molecule has 1 aliphatic rings. The average Bonchev–Trinajstić information content (AvgIpc) is 2.38. The average molecular weight is 258 g/mol. The van der Waals surface area contributed by atoms with Gasteiger partial charge >= 0.3 is 0 Å². The Morgan fingerprint density at radius 1 is 1.11 bits per heavy atom. The fourth-order valence-corrected chi connectivity index (χ4v) is 2.70. The summed E-state index contributed by atoms with van der Waals surface area (Å²) in [5.74, 6) is 0. The van der Waals surface area contributed by atoms with Crippen molar-refractivity contribution >= 4 is 0 Å². The third-order valence-corrected chi connectivity index (χ3v) is 4.29. The largest absolute Gasteiger partial charge is 0.498 e. The maximum absolute atomic E-state index is 5.59. The summed E-state index contributed by atoms with van der Waals surface area (Å²) in [6.07, 6.45) is 8.38. The minimum Gasteiger partial charge on any atom is -0.498 e. The van der Waals surface area contributed by atoms with Crippen LogP contribution in [0, 0.1) is 20.8 Å². The van der Waals surface area contributed by atoms with Gasteiger partial charge in [-0.25, -0.2) is 0 Å². The molecule has 1 aromatic carbocycles. The van der Waals surface area contributed by atoms with E-state index in [2.05, 4.69) is 39.8 Å². The molecule has 0 saturated carbocycles. The van der Waals surface area contributed by atoms with Crippen molar-refractivity contribution in [3.8, 4) is 0 Å². The number of rotatable bonds is 4. The fourth-order valence-electron chi connectivity index (χ4n) is 2.70. The highest BCUT2D eigenvalue weighted by Crippen LogP contribution is 2.23. The van der Waals surface area contributed by atoms with Gasteiger partial charge in [0.25, 0.3) is 0 Å². The molecule has 0 aromatic heterocycles. The van der Waals surface area contributed by atoms with Crippen molar-refractivity contribution in [1.82, 2.24) is 0 Å². The number of benzene rings is 1. The Bertz CT molecular complexity index is 448. The number of allylic oxidation sites excluding steroid dienone is 1. The second kappa shape index (κ2) is 6.27. The van der Waals surface area contributed by atoms with Crippen LogP contribution in [0.15, 0.2) is 24.0 Å². The van der Waals surface area contributed by atoms with E-state index in [0.29, 0.717) is 6.10 Å². The fraction of sp³-hybridized carbons (Fsp3) is 0.556. The van der Waals surface area contributed by atoms with Crippen LogP contribution in [0.5, 0.6) is 0 Å². The second-order valence-corrected chi connectivity index (χ2v) is 5.97. The zero-order valence-electron chi connectivity index (χ0n) is 12.8. The first-order valence-electron chi connectivity index (χ1n) is 7.46. The van der Waals surface area contributed by atoms with Crippen LogP contribution in [0.1, 0.15) is 54.9 Å². The maximum atomic E-state index is 5.59. The molecule has 0 N–H and O–H groups in total. The molecule has 0 saturated heterocycles. The monoisotopic (exact) mass is 258 g/mol. The first kappa shape index (κ1) is 14.2. The molecular weight excluding hydrogens is 232 g/mol. The Balaban J connectivity index is 1.86. The van der Waals surface area contributed by atoms with E-state index in [-0.39, 0.29) is 0 Å². The molecule has 0 spiro atoms. The van der Waals surface area contributed by atoms with Crippen LogP contribution in [0.2, 0.25) is 0 Å². The molecule has 1 aliphatic heterocycles. The molecule has 0 radical (unpaired) electrons. The van der Waals surface area contributed by atoms with Gasteiger partial charge in [0, 0.05) is 0 Å². The number of aryl methyl sites for hydroxylation is 3. The minimum absolute atomic E-state index is 0.408. The van der Waals surface area contributed by atoms with Gasteiger partial charge in [0.1, 0.15) is 0 Å². The van der Waals surface area contributed by atoms with Gasteiger partial charge in [0.2, 0.25) is 0 Å². The molecule has 0 bridgehead atoms. The van der Waals surface area contributed by atoms with Crippen LogP contribution in [-0.4, -0.2) is 6.10 Å². The molecule has 0 aliphatic carbocycles. The molecule has 0 fully saturated rings. The predicted molar refractivity (Wildman–Crippen MR) is 81.5 cm³/mol. The zero-order valence-corrected chi connectivity index (χ0v) is 12.8. The van der Waals surface area contributed by atoms with Gasteiger partial charge in [0.05, 0.1) is 12.4 Å². The molecule has 0 amide bonds. The molecule has 19 heavy (non-hydrogen) atoms. The van der Waals surface area contributed by atoms with Gasteiger partial charge in [-0.1, -0.05) is 12.1 Å². The van der Waals surface area contributed by atoms with Crippen molar-refractivity contribution < 1.29 is 4.74 Å². The molecule has 1 heterocycles. The lowest BCUT2D eigenvalue weighted by Gasteiger charge is -2.19. The highest BCUT2D eigenvalue weighted by molar-refractivity contribution is 5.36. The lowest BCUT2D eigenvalue weighted by molar-refractivity contribution is 0.134. The van der Waals surface area contributed by atoms with Crippen molar-refractivity contribution in [2.75, 3.05) is 0 Å². The molecular formula is C18H26O. The van der Waals surface area contributed by atoms with Gasteiger partial charge in [-0.3, -0.25) is 0 Å². The summed E-state index contributed by atoms with van der Waals surface area (Å²) >= 11 is 0. The van der Waals surface area contributed by atoms with Gasteiger partial charge < -0.3 is 4.74 Å². The predicted octanol–water partition coefficient (Wildman–Crippen LogP) is 5.02. The molecule has 104 valence electrons. The molecule has 1 heteroatoms. The maximum Gasteiger partial charge on any atom is 0.0953 e. The van der Waals surface area contributed by atoms with Crippen molar-refractivity contribution in [1.29, 1.82) is 0 Å². The van der Waals surface area contributed by atoms with E-state index in [1.807, 2.05) is 6.26 Å². The Morgan fingerprint density at radius 3 is 2.37 bits per heavy atom. The first-order valence-corrected chi connectivity index (χ1v) is 7.46. The third kappa shape index (κ3) is 3.86. The highest BCUT2D eigenvalue weighted by Gasteiger charge is 2.10. The summed E-state index contributed by atoms with van der Waals surface area (Å²) in [4.78, 5) is 0. The van der Waals surface area contributed by atoms with E-state index in [1.54, 1.807) is 0 Å². The lowest BCUT2D eigenvalue weighted by atomic mass is 9.96. The van der Waals surface area contributed by atoms with E-state index >= 15 is 0 Å². The van der Waals surface area contributed by atoms with Gasteiger partial charge in [-0.2, -0.15) is 0 Å². The SMILES string of the molecule is Cc1cc(CCCC2=COC(C)CC2)cc(C)c1C. The van der Waals surface area contributed by atoms with Gasteiger partial charge in [0.15, 0.2) is 0 Å². The highest BCUT2D eigenvalue weighted by atomic mass is 16.5. The van der Waals surface area contributed by atoms with Crippen LogP contribution in [0.25, 0.3) is 0 Å². The van der Waals surface area contributed by atoms with E-state index in [9.17, 15) is 0 Å². The molecule has 1 nitrogen and oxygen atoms in total. The lowest BCUT2D eigenvalue weighted by Crippen LogP contribution is -2.10. The van der Waals surface area contributed by atoms with Crippen molar-refractivity contribution in [3.05, 3.63) is 46.2 Å². The summed E-state index contributed by atoms with van der Waals surface area (Å²) in [5.41, 5.74) is 7.24. The van der Waals surface area contributed by atoms with Gasteiger partial charge in [-0.05, 0) is 87.6 Å². The topological polar surface area (TPSA) is 9.23 Å². The van der Waals surface area contributed by atoms with Crippen molar-refractivity contribution in [2.45, 2.75) is 65.9 Å². The van der Waals surface area contributed by atoms with E-state index in [1.165, 1.54) is 59.9 Å². The van der Waals surface area contributed by atoms with Crippen LogP contribution in [-0.2, 0) is 11.2 Å². The Kier molecular flexibility index (Phi) is 4.68. The Morgan fingerprint density at radius 2 is 1.79 bits per heavy atom. The number of hydrogen-bond donors (Lipinski definition) is 0. The molecule has 1 unspecified atom stereocenters. The van der Waals surface area contributed by atoms with Crippen molar-refractivity contribution in [2.24, 2.45) is 0 Å². The smallest absolute Gasteiger partial charge is 0.0953 e. The summed E-state index contributed by atoms with van der Waals surface area (Å²) in [6.45, 7) is 8.78. The minimum atomic E-state index is 0.408. The van der Waals surface area contributed by atoms with Crippen LogP contribution in [0.4, 0.5) is 0 Å². The standard InChI is InChI=1S/C18H26O/c1-13-10-18(11-14(2)16(13)4)7-5-6-17-9-8-15(3)19-12-17/h10-12,15H,5-9H2,1-4H3. The first-order chi connectivity index (χ1) is 9.06. The Hall–Kier alpha value is -1.24. The summed E-state index contributed by atoms with van der Waals surface area (Å²) in [7, 11) is 0. The Labute approximate surface area is 117 Å². The molecule has 2 rings (SSSR count). The summed E-state index contributed by atoms with van der Waals surface area (Å²) < 4.78 is 5.59. The van der Waals surface area contributed by atoms with Crippen LogP contribution >= 0.6 is 0 Å². The summed E-state index contributed by atoms with van der Waals surface area (Å²) in [5, 5.41) is 0. The quantitative estimate of drug-likeness (QED) is 0.737. The summed E-state index contributed by atoms with van der Waals surface area (Å²) in [6, 6.07) is 4.69. The normalized spacial score (nSPS) is 18.9. The molecule has 1 aromatic rings.